The van der Waals surface area contributed by atoms with Crippen LogP contribution in [-0.2, 0) is 0 Å². The Morgan fingerprint density at radius 1 is 1.06 bits per heavy atom. The van der Waals surface area contributed by atoms with E-state index in [-0.39, 0.29) is 0 Å². The van der Waals surface area contributed by atoms with E-state index >= 15 is 0 Å². The SMILES string of the molecule is CCC(NCCNc1ccccc1)C(C)C. The topological polar surface area (TPSA) is 24.1 Å². The molecule has 1 aromatic rings. The van der Waals surface area contributed by atoms with Gasteiger partial charge < -0.3 is 10.6 Å². The molecule has 1 aromatic carbocycles. The van der Waals surface area contributed by atoms with Crippen molar-refractivity contribution in [3.05, 3.63) is 30.3 Å². The summed E-state index contributed by atoms with van der Waals surface area (Å²) in [5, 5.41) is 6.98. The molecule has 0 bridgehead atoms. The van der Waals surface area contributed by atoms with Gasteiger partial charge in [-0.2, -0.15) is 0 Å². The third kappa shape index (κ3) is 4.67. The van der Waals surface area contributed by atoms with Gasteiger partial charge >= 0.3 is 0 Å². The lowest BCUT2D eigenvalue weighted by atomic mass is 10.0. The van der Waals surface area contributed by atoms with Crippen LogP contribution in [0.4, 0.5) is 5.69 Å². The summed E-state index contributed by atoms with van der Waals surface area (Å²) >= 11 is 0. The van der Waals surface area contributed by atoms with Crippen molar-refractivity contribution >= 4 is 5.69 Å². The second kappa shape index (κ2) is 7.29. The number of para-hydroxylation sites is 1. The molecule has 2 heteroatoms. The van der Waals surface area contributed by atoms with Crippen LogP contribution < -0.4 is 10.6 Å². The zero-order valence-electron chi connectivity index (χ0n) is 10.7. The Morgan fingerprint density at radius 2 is 1.75 bits per heavy atom. The lowest BCUT2D eigenvalue weighted by molar-refractivity contribution is 0.395. The van der Waals surface area contributed by atoms with Gasteiger partial charge in [0.15, 0.2) is 0 Å². The molecule has 0 fully saturated rings. The van der Waals surface area contributed by atoms with Crippen LogP contribution in [0.5, 0.6) is 0 Å². The van der Waals surface area contributed by atoms with Crippen LogP contribution in [0.1, 0.15) is 27.2 Å². The molecule has 16 heavy (non-hydrogen) atoms. The van der Waals surface area contributed by atoms with Gasteiger partial charge in [-0.05, 0) is 24.5 Å². The maximum absolute atomic E-state index is 3.58. The third-order valence-electron chi connectivity index (χ3n) is 2.88. The van der Waals surface area contributed by atoms with Gasteiger partial charge in [-0.1, -0.05) is 39.0 Å². The smallest absolute Gasteiger partial charge is 0.0340 e. The van der Waals surface area contributed by atoms with E-state index < -0.39 is 0 Å². The average molecular weight is 220 g/mol. The molecule has 1 unspecified atom stereocenters. The molecule has 0 aliphatic heterocycles. The molecule has 1 atom stereocenters. The second-order valence-corrected chi connectivity index (χ2v) is 4.51. The monoisotopic (exact) mass is 220 g/mol. The molecular formula is C14H24N2. The van der Waals surface area contributed by atoms with Gasteiger partial charge in [0, 0.05) is 24.8 Å². The molecule has 90 valence electrons. The van der Waals surface area contributed by atoms with Gasteiger partial charge in [-0.15, -0.1) is 0 Å². The van der Waals surface area contributed by atoms with E-state index in [1.54, 1.807) is 0 Å². The number of hydrogen-bond donors (Lipinski definition) is 2. The van der Waals surface area contributed by atoms with Crippen molar-refractivity contribution in [2.24, 2.45) is 5.92 Å². The Kier molecular flexibility index (Phi) is 5.94. The number of rotatable bonds is 7. The second-order valence-electron chi connectivity index (χ2n) is 4.51. The summed E-state index contributed by atoms with van der Waals surface area (Å²) in [6.45, 7) is 8.78. The molecule has 2 N–H and O–H groups in total. The average Bonchev–Trinajstić information content (AvgIpc) is 2.30. The zero-order chi connectivity index (χ0) is 11.8. The molecule has 1 rings (SSSR count). The number of benzene rings is 1. The van der Waals surface area contributed by atoms with E-state index in [4.69, 9.17) is 0 Å². The molecule has 0 saturated heterocycles. The third-order valence-corrected chi connectivity index (χ3v) is 2.88. The molecule has 0 radical (unpaired) electrons. The predicted octanol–water partition coefficient (Wildman–Crippen LogP) is 3.12. The van der Waals surface area contributed by atoms with E-state index in [2.05, 4.69) is 55.7 Å². The van der Waals surface area contributed by atoms with Gasteiger partial charge in [-0.25, -0.2) is 0 Å². The van der Waals surface area contributed by atoms with Gasteiger partial charge in [-0.3, -0.25) is 0 Å². The van der Waals surface area contributed by atoms with Gasteiger partial charge in [0.1, 0.15) is 0 Å². The van der Waals surface area contributed by atoms with Crippen molar-refractivity contribution in [1.29, 1.82) is 0 Å². The zero-order valence-corrected chi connectivity index (χ0v) is 10.7. The quantitative estimate of drug-likeness (QED) is 0.690. The first-order valence-electron chi connectivity index (χ1n) is 6.26. The number of hydrogen-bond acceptors (Lipinski definition) is 2. The maximum Gasteiger partial charge on any atom is 0.0340 e. The van der Waals surface area contributed by atoms with E-state index in [0.29, 0.717) is 12.0 Å². The van der Waals surface area contributed by atoms with E-state index in [1.165, 1.54) is 12.1 Å². The lowest BCUT2D eigenvalue weighted by Crippen LogP contribution is -2.36. The summed E-state index contributed by atoms with van der Waals surface area (Å²) in [5.74, 6) is 0.710. The normalized spacial score (nSPS) is 12.8. The Bertz CT molecular complexity index is 269. The Balaban J connectivity index is 2.16. The van der Waals surface area contributed by atoms with E-state index in [0.717, 1.165) is 13.1 Å². The highest BCUT2D eigenvalue weighted by Gasteiger charge is 2.08. The summed E-state index contributed by atoms with van der Waals surface area (Å²) in [5.41, 5.74) is 1.20. The van der Waals surface area contributed by atoms with Crippen molar-refractivity contribution in [2.45, 2.75) is 33.2 Å². The first-order valence-corrected chi connectivity index (χ1v) is 6.26. The number of anilines is 1. The predicted molar refractivity (Wildman–Crippen MR) is 71.9 cm³/mol. The molecule has 0 amide bonds. The Labute approximate surface area is 99.5 Å². The Morgan fingerprint density at radius 3 is 2.31 bits per heavy atom. The van der Waals surface area contributed by atoms with Crippen molar-refractivity contribution in [3.63, 3.8) is 0 Å². The van der Waals surface area contributed by atoms with Crippen molar-refractivity contribution in [1.82, 2.24) is 5.32 Å². The molecular weight excluding hydrogens is 196 g/mol. The largest absolute Gasteiger partial charge is 0.384 e. The first-order chi connectivity index (χ1) is 7.74. The summed E-state index contributed by atoms with van der Waals surface area (Å²) in [6, 6.07) is 11.0. The summed E-state index contributed by atoms with van der Waals surface area (Å²) in [4.78, 5) is 0. The maximum atomic E-state index is 3.58. The molecule has 0 aliphatic carbocycles. The fourth-order valence-corrected chi connectivity index (χ4v) is 1.87. The van der Waals surface area contributed by atoms with Crippen LogP contribution in [-0.4, -0.2) is 19.1 Å². The molecule has 0 heterocycles. The van der Waals surface area contributed by atoms with Crippen LogP contribution in [0, 0.1) is 5.92 Å². The van der Waals surface area contributed by atoms with Crippen LogP contribution >= 0.6 is 0 Å². The minimum Gasteiger partial charge on any atom is -0.384 e. The standard InChI is InChI=1S/C14H24N2/c1-4-14(12(2)3)16-11-10-15-13-8-6-5-7-9-13/h5-9,12,14-16H,4,10-11H2,1-3H3. The fourth-order valence-electron chi connectivity index (χ4n) is 1.87. The molecule has 0 spiro atoms. The highest BCUT2D eigenvalue weighted by atomic mass is 15.0. The van der Waals surface area contributed by atoms with Crippen LogP contribution in [0.2, 0.25) is 0 Å². The van der Waals surface area contributed by atoms with E-state index in [9.17, 15) is 0 Å². The van der Waals surface area contributed by atoms with Crippen LogP contribution in [0.25, 0.3) is 0 Å². The van der Waals surface area contributed by atoms with Crippen molar-refractivity contribution in [3.8, 4) is 0 Å². The Hall–Kier alpha value is -1.02. The van der Waals surface area contributed by atoms with Crippen LogP contribution in [0.15, 0.2) is 30.3 Å². The first kappa shape index (κ1) is 13.0. The molecule has 0 aliphatic rings. The molecule has 2 nitrogen and oxygen atoms in total. The number of nitrogens with one attached hydrogen (secondary N) is 2. The minimum absolute atomic E-state index is 0.637. The van der Waals surface area contributed by atoms with E-state index in [1.807, 2.05) is 6.07 Å². The summed E-state index contributed by atoms with van der Waals surface area (Å²) < 4.78 is 0. The van der Waals surface area contributed by atoms with Crippen LogP contribution in [0.3, 0.4) is 0 Å². The van der Waals surface area contributed by atoms with Gasteiger partial charge in [0.25, 0.3) is 0 Å². The highest BCUT2D eigenvalue weighted by Crippen LogP contribution is 2.05. The van der Waals surface area contributed by atoms with Gasteiger partial charge in [0.2, 0.25) is 0 Å². The highest BCUT2D eigenvalue weighted by molar-refractivity contribution is 5.42. The summed E-state index contributed by atoms with van der Waals surface area (Å²) in [6.07, 6.45) is 1.20. The molecule has 0 saturated carbocycles. The fraction of sp³-hybridized carbons (Fsp3) is 0.571. The van der Waals surface area contributed by atoms with Crippen molar-refractivity contribution in [2.75, 3.05) is 18.4 Å². The molecule has 0 aromatic heterocycles. The van der Waals surface area contributed by atoms with Crippen molar-refractivity contribution < 1.29 is 0 Å². The minimum atomic E-state index is 0.637. The lowest BCUT2D eigenvalue weighted by Gasteiger charge is -2.20. The van der Waals surface area contributed by atoms with Gasteiger partial charge in [0.05, 0.1) is 0 Å². The summed E-state index contributed by atoms with van der Waals surface area (Å²) in [7, 11) is 0.